The van der Waals surface area contributed by atoms with Crippen molar-refractivity contribution in [1.29, 1.82) is 0 Å². The van der Waals surface area contributed by atoms with Gasteiger partial charge < -0.3 is 9.72 Å². The highest BCUT2D eigenvalue weighted by Gasteiger charge is 2.15. The van der Waals surface area contributed by atoms with E-state index in [0.29, 0.717) is 22.8 Å². The second kappa shape index (κ2) is 7.99. The fourth-order valence-electron chi connectivity index (χ4n) is 2.77. The zero-order valence-corrected chi connectivity index (χ0v) is 16.7. The van der Waals surface area contributed by atoms with Gasteiger partial charge in [0.05, 0.1) is 18.4 Å². The second-order valence-electron chi connectivity index (χ2n) is 5.87. The van der Waals surface area contributed by atoms with Gasteiger partial charge in [0.1, 0.15) is 16.3 Å². The number of nitrogens with zero attached hydrogens (tertiary/aromatic N) is 4. The summed E-state index contributed by atoms with van der Waals surface area (Å²) in [6, 6.07) is 9.52. The SMILES string of the molecule is C=CCn1c(SCc2nc3ccsc3c(=O)[nH]2)nnc1-c1ccc(OC)cc1. The van der Waals surface area contributed by atoms with Crippen LogP contribution in [-0.2, 0) is 12.3 Å². The Balaban J connectivity index is 1.60. The summed E-state index contributed by atoms with van der Waals surface area (Å²) < 4.78 is 7.84. The molecule has 4 aromatic rings. The Morgan fingerprint density at radius 2 is 2.11 bits per heavy atom. The van der Waals surface area contributed by atoms with Crippen LogP contribution in [0.4, 0.5) is 0 Å². The highest BCUT2D eigenvalue weighted by atomic mass is 32.2. The predicted molar refractivity (Wildman–Crippen MR) is 112 cm³/mol. The Hall–Kier alpha value is -2.91. The van der Waals surface area contributed by atoms with Crippen molar-refractivity contribution in [3.05, 3.63) is 64.5 Å². The maximum Gasteiger partial charge on any atom is 0.268 e. The minimum Gasteiger partial charge on any atom is -0.497 e. The van der Waals surface area contributed by atoms with Crippen LogP contribution in [-0.4, -0.2) is 31.8 Å². The third-order valence-electron chi connectivity index (χ3n) is 4.08. The number of thiophene rings is 1. The first-order chi connectivity index (χ1) is 13.7. The van der Waals surface area contributed by atoms with Gasteiger partial charge in [-0.2, -0.15) is 0 Å². The van der Waals surface area contributed by atoms with E-state index < -0.39 is 0 Å². The van der Waals surface area contributed by atoms with Gasteiger partial charge in [-0.1, -0.05) is 17.8 Å². The summed E-state index contributed by atoms with van der Waals surface area (Å²) in [5, 5.41) is 11.3. The number of ether oxygens (including phenoxy) is 1. The van der Waals surface area contributed by atoms with Gasteiger partial charge in [-0.25, -0.2) is 4.98 Å². The summed E-state index contributed by atoms with van der Waals surface area (Å²) >= 11 is 2.86. The summed E-state index contributed by atoms with van der Waals surface area (Å²) in [7, 11) is 1.63. The number of fused-ring (bicyclic) bond motifs is 1. The standard InChI is InChI=1S/C19H17N5O2S2/c1-3-9-24-17(12-4-6-13(26-2)7-5-12)22-23-19(24)28-11-15-20-14-8-10-27-16(14)18(25)21-15/h3-8,10H,1,9,11H2,2H3,(H,20,21,25). The van der Waals surface area contributed by atoms with Crippen LogP contribution in [0.25, 0.3) is 21.6 Å². The number of aromatic amines is 1. The van der Waals surface area contributed by atoms with Gasteiger partial charge in [0, 0.05) is 12.1 Å². The average Bonchev–Trinajstić information content (AvgIpc) is 3.34. The molecule has 28 heavy (non-hydrogen) atoms. The van der Waals surface area contributed by atoms with Crippen LogP contribution >= 0.6 is 23.1 Å². The van der Waals surface area contributed by atoms with Gasteiger partial charge in [0.15, 0.2) is 11.0 Å². The largest absolute Gasteiger partial charge is 0.497 e. The number of allylic oxidation sites excluding steroid dienone is 1. The predicted octanol–water partition coefficient (Wildman–Crippen LogP) is 3.73. The molecule has 0 bridgehead atoms. The molecule has 0 amide bonds. The number of methoxy groups -OCH3 is 1. The monoisotopic (exact) mass is 411 g/mol. The second-order valence-corrected chi connectivity index (χ2v) is 7.73. The van der Waals surface area contributed by atoms with E-state index in [2.05, 4.69) is 26.7 Å². The minimum atomic E-state index is -0.109. The molecule has 0 radical (unpaired) electrons. The molecule has 0 saturated carbocycles. The van der Waals surface area contributed by atoms with E-state index in [-0.39, 0.29) is 5.56 Å². The molecule has 7 nitrogen and oxygen atoms in total. The third kappa shape index (κ3) is 3.58. The molecule has 0 fully saturated rings. The molecule has 1 N–H and O–H groups in total. The molecule has 0 aliphatic carbocycles. The summed E-state index contributed by atoms with van der Waals surface area (Å²) in [6.45, 7) is 4.41. The normalized spacial score (nSPS) is 11.0. The molecule has 0 unspecified atom stereocenters. The van der Waals surface area contributed by atoms with E-state index in [1.165, 1.54) is 23.1 Å². The first kappa shape index (κ1) is 18.5. The van der Waals surface area contributed by atoms with Crippen molar-refractivity contribution < 1.29 is 4.74 Å². The zero-order valence-electron chi connectivity index (χ0n) is 15.1. The number of hydrogen-bond donors (Lipinski definition) is 1. The first-order valence-corrected chi connectivity index (χ1v) is 10.3. The summed E-state index contributed by atoms with van der Waals surface area (Å²) in [6.07, 6.45) is 1.80. The lowest BCUT2D eigenvalue weighted by Gasteiger charge is -2.08. The van der Waals surface area contributed by atoms with Gasteiger partial charge in [-0.15, -0.1) is 28.1 Å². The Bertz CT molecular complexity index is 1180. The number of benzene rings is 1. The Labute approximate surface area is 169 Å². The number of thioether (sulfide) groups is 1. The molecule has 4 rings (SSSR count). The molecule has 1 aromatic carbocycles. The van der Waals surface area contributed by atoms with Gasteiger partial charge in [-0.05, 0) is 35.7 Å². The summed E-state index contributed by atoms with van der Waals surface area (Å²) in [5.74, 6) is 2.63. The molecule has 0 atom stereocenters. The van der Waals surface area contributed by atoms with E-state index in [4.69, 9.17) is 4.74 Å². The smallest absolute Gasteiger partial charge is 0.268 e. The van der Waals surface area contributed by atoms with Crippen LogP contribution < -0.4 is 10.3 Å². The highest BCUT2D eigenvalue weighted by molar-refractivity contribution is 7.98. The van der Waals surface area contributed by atoms with Crippen molar-refractivity contribution in [2.24, 2.45) is 0 Å². The molecule has 3 heterocycles. The van der Waals surface area contributed by atoms with Crippen LogP contribution in [0.15, 0.2) is 58.3 Å². The van der Waals surface area contributed by atoms with Gasteiger partial charge in [-0.3, -0.25) is 9.36 Å². The van der Waals surface area contributed by atoms with E-state index in [9.17, 15) is 4.79 Å². The molecule has 9 heteroatoms. The van der Waals surface area contributed by atoms with Gasteiger partial charge in [0.25, 0.3) is 5.56 Å². The zero-order chi connectivity index (χ0) is 19.5. The number of nitrogens with one attached hydrogen (secondary N) is 1. The molecule has 0 aliphatic rings. The number of aromatic nitrogens is 5. The quantitative estimate of drug-likeness (QED) is 0.368. The van der Waals surface area contributed by atoms with Gasteiger partial charge in [0.2, 0.25) is 0 Å². The lowest BCUT2D eigenvalue weighted by Crippen LogP contribution is -2.09. The maximum absolute atomic E-state index is 12.1. The van der Waals surface area contributed by atoms with E-state index in [0.717, 1.165) is 27.8 Å². The van der Waals surface area contributed by atoms with E-state index in [1.54, 1.807) is 13.2 Å². The van der Waals surface area contributed by atoms with Crippen LogP contribution in [0.5, 0.6) is 5.75 Å². The van der Waals surface area contributed by atoms with Crippen molar-refractivity contribution in [2.45, 2.75) is 17.5 Å². The first-order valence-electron chi connectivity index (χ1n) is 8.47. The molecule has 0 aliphatic heterocycles. The van der Waals surface area contributed by atoms with Crippen molar-refractivity contribution in [1.82, 2.24) is 24.7 Å². The number of hydrogen-bond acceptors (Lipinski definition) is 7. The highest BCUT2D eigenvalue weighted by Crippen LogP contribution is 2.27. The average molecular weight is 412 g/mol. The number of H-pyrrole nitrogens is 1. The van der Waals surface area contributed by atoms with Crippen molar-refractivity contribution in [3.63, 3.8) is 0 Å². The van der Waals surface area contributed by atoms with Crippen molar-refractivity contribution in [2.75, 3.05) is 7.11 Å². The van der Waals surface area contributed by atoms with Crippen LogP contribution in [0, 0.1) is 0 Å². The van der Waals surface area contributed by atoms with E-state index >= 15 is 0 Å². The fraction of sp³-hybridized carbons (Fsp3) is 0.158. The van der Waals surface area contributed by atoms with Crippen LogP contribution in [0.3, 0.4) is 0 Å². The topological polar surface area (TPSA) is 85.7 Å². The molecule has 0 spiro atoms. The van der Waals surface area contributed by atoms with E-state index in [1.807, 2.05) is 40.3 Å². The summed E-state index contributed by atoms with van der Waals surface area (Å²) in [4.78, 5) is 19.5. The Morgan fingerprint density at radius 3 is 2.86 bits per heavy atom. The molecule has 3 aromatic heterocycles. The molecular weight excluding hydrogens is 394 g/mol. The molecular formula is C19H17N5O2S2. The minimum absolute atomic E-state index is 0.109. The third-order valence-corrected chi connectivity index (χ3v) is 5.96. The van der Waals surface area contributed by atoms with Crippen molar-refractivity contribution in [3.8, 4) is 17.1 Å². The summed E-state index contributed by atoms with van der Waals surface area (Å²) in [5.41, 5.74) is 1.55. The van der Waals surface area contributed by atoms with Gasteiger partial charge >= 0.3 is 0 Å². The van der Waals surface area contributed by atoms with Crippen LogP contribution in [0.1, 0.15) is 5.82 Å². The lowest BCUT2D eigenvalue weighted by molar-refractivity contribution is 0.415. The molecule has 142 valence electrons. The van der Waals surface area contributed by atoms with Crippen molar-refractivity contribution >= 4 is 33.3 Å². The molecule has 0 saturated heterocycles. The van der Waals surface area contributed by atoms with Crippen LogP contribution in [0.2, 0.25) is 0 Å². The fourth-order valence-corrected chi connectivity index (χ4v) is 4.31. The maximum atomic E-state index is 12.1. The Morgan fingerprint density at radius 1 is 1.29 bits per heavy atom. The Kier molecular flexibility index (Phi) is 5.27. The lowest BCUT2D eigenvalue weighted by atomic mass is 10.2. The number of rotatable bonds is 7.